The molecule has 168 valence electrons. The number of aliphatic hydroxyl groups is 1. The molecule has 2 atom stereocenters. The Morgan fingerprint density at radius 1 is 1.23 bits per heavy atom. The zero-order valence-electron chi connectivity index (χ0n) is 17.7. The summed E-state index contributed by atoms with van der Waals surface area (Å²) in [6.07, 6.45) is 0.649. The van der Waals surface area contributed by atoms with Crippen molar-refractivity contribution in [2.75, 3.05) is 6.61 Å². The van der Waals surface area contributed by atoms with Crippen LogP contribution in [0.5, 0.6) is 5.75 Å². The molecule has 0 amide bonds. The highest BCUT2D eigenvalue weighted by Crippen LogP contribution is 2.45. The van der Waals surface area contributed by atoms with Gasteiger partial charge < -0.3 is 9.84 Å². The largest absolute Gasteiger partial charge is 0.493 e. The molecule has 0 aliphatic carbocycles. The number of allylic oxidation sites excluding steroid dienone is 1. The van der Waals surface area contributed by atoms with Crippen LogP contribution in [0.3, 0.4) is 0 Å². The summed E-state index contributed by atoms with van der Waals surface area (Å²) in [5.41, 5.74) is -0.912. The third-order valence-corrected chi connectivity index (χ3v) is 5.75. The van der Waals surface area contributed by atoms with Crippen molar-refractivity contribution in [2.24, 2.45) is 0 Å². The first-order valence-corrected chi connectivity index (χ1v) is 10.5. The summed E-state index contributed by atoms with van der Waals surface area (Å²) in [5.74, 6) is -0.849. The summed E-state index contributed by atoms with van der Waals surface area (Å²) in [6, 6.07) is 5.37. The quantitative estimate of drug-likeness (QED) is 0.541. The van der Waals surface area contributed by atoms with Crippen molar-refractivity contribution in [2.45, 2.75) is 63.6 Å². The van der Waals surface area contributed by atoms with Crippen molar-refractivity contribution >= 4 is 6.08 Å². The molecule has 3 nitrogen and oxygen atoms in total. The average Bonchev–Trinajstić information content (AvgIpc) is 2.72. The second-order valence-electron chi connectivity index (χ2n) is 7.92. The number of fused-ring (bicyclic) bond motifs is 1. The Bertz CT molecular complexity index is 942. The number of nitrogens with zero attached hydrogens (tertiary/aromatic N) is 1. The summed E-state index contributed by atoms with van der Waals surface area (Å²) in [5, 5.41) is 11.0. The molecular weight excluding hydrogens is 410 g/mol. The predicted octanol–water partition coefficient (Wildman–Crippen LogP) is 6.00. The number of pyridine rings is 1. The molecule has 0 bridgehead atoms. The fourth-order valence-corrected chi connectivity index (χ4v) is 4.10. The van der Waals surface area contributed by atoms with E-state index in [1.807, 2.05) is 19.9 Å². The van der Waals surface area contributed by atoms with Crippen LogP contribution in [0, 0.1) is 5.82 Å². The molecule has 2 heterocycles. The molecular formula is C24H27F4NO2. The van der Waals surface area contributed by atoms with Crippen LogP contribution < -0.4 is 4.74 Å². The summed E-state index contributed by atoms with van der Waals surface area (Å²) >= 11 is 0. The van der Waals surface area contributed by atoms with Crippen LogP contribution in [0.1, 0.15) is 61.4 Å². The molecule has 2 aromatic rings. The highest BCUT2D eigenvalue weighted by molar-refractivity contribution is 5.56. The van der Waals surface area contributed by atoms with Crippen LogP contribution in [0.2, 0.25) is 0 Å². The molecule has 0 spiro atoms. The number of benzene rings is 1. The smallest absolute Gasteiger partial charge is 0.417 e. The standard InChI is InChI=1S/C24H27F4NO2/c1-3-5-6-19-16(9-11-29-21(19)4-2)14-23(30,24(26,27)28)15-17-10-12-31-22-8-7-18(25)13-20(17)22/h5-9,11,13,17,30H,3-4,10,12,14-15H2,1-2H3/b6-5-. The molecule has 0 fully saturated rings. The molecule has 7 heteroatoms. The summed E-state index contributed by atoms with van der Waals surface area (Å²) in [4.78, 5) is 4.29. The number of alkyl halides is 3. The molecule has 2 unspecified atom stereocenters. The molecule has 0 saturated heterocycles. The van der Waals surface area contributed by atoms with Crippen molar-refractivity contribution < 1.29 is 27.4 Å². The van der Waals surface area contributed by atoms with Crippen molar-refractivity contribution in [3.63, 3.8) is 0 Å². The average molecular weight is 437 g/mol. The number of aromatic nitrogens is 1. The van der Waals surface area contributed by atoms with E-state index in [-0.39, 0.29) is 13.0 Å². The van der Waals surface area contributed by atoms with Crippen LogP contribution in [-0.4, -0.2) is 28.5 Å². The third-order valence-electron chi connectivity index (χ3n) is 5.75. The van der Waals surface area contributed by atoms with E-state index in [2.05, 4.69) is 4.98 Å². The second kappa shape index (κ2) is 9.39. The van der Waals surface area contributed by atoms with Crippen molar-refractivity contribution in [3.8, 4) is 5.75 Å². The van der Waals surface area contributed by atoms with E-state index in [0.717, 1.165) is 6.42 Å². The number of hydrogen-bond acceptors (Lipinski definition) is 3. The maximum atomic E-state index is 14.2. The molecule has 1 aromatic carbocycles. The Hall–Kier alpha value is -2.41. The first-order valence-electron chi connectivity index (χ1n) is 10.5. The molecule has 1 N–H and O–H groups in total. The SMILES string of the molecule is CC/C=C\c1c(CC(O)(CC2CCOc3ccc(F)cc32)C(F)(F)F)ccnc1CC. The maximum absolute atomic E-state index is 14.2. The Morgan fingerprint density at radius 3 is 2.68 bits per heavy atom. The predicted molar refractivity (Wildman–Crippen MR) is 112 cm³/mol. The monoisotopic (exact) mass is 437 g/mol. The lowest BCUT2D eigenvalue weighted by molar-refractivity contribution is -0.264. The fraction of sp³-hybridized carbons (Fsp3) is 0.458. The first-order chi connectivity index (χ1) is 14.7. The van der Waals surface area contributed by atoms with Gasteiger partial charge in [0.25, 0.3) is 0 Å². The molecule has 0 radical (unpaired) electrons. The van der Waals surface area contributed by atoms with Gasteiger partial charge in [0.1, 0.15) is 11.6 Å². The number of rotatable bonds is 7. The van der Waals surface area contributed by atoms with Crippen LogP contribution in [0.25, 0.3) is 6.08 Å². The minimum atomic E-state index is -4.86. The van der Waals surface area contributed by atoms with E-state index in [9.17, 15) is 22.7 Å². The molecule has 1 aromatic heterocycles. The second-order valence-corrected chi connectivity index (χ2v) is 7.92. The lowest BCUT2D eigenvalue weighted by atomic mass is 9.78. The van der Waals surface area contributed by atoms with E-state index in [4.69, 9.17) is 4.74 Å². The topological polar surface area (TPSA) is 42.4 Å². The Morgan fingerprint density at radius 2 is 2.00 bits per heavy atom. The van der Waals surface area contributed by atoms with Gasteiger partial charge in [-0.05, 0) is 67.0 Å². The number of halogens is 4. The number of aryl methyl sites for hydroxylation is 1. The van der Waals surface area contributed by atoms with Gasteiger partial charge in [0.15, 0.2) is 5.60 Å². The van der Waals surface area contributed by atoms with Crippen LogP contribution in [0.4, 0.5) is 17.6 Å². The Labute approximate surface area is 179 Å². The maximum Gasteiger partial charge on any atom is 0.417 e. The molecule has 0 saturated carbocycles. The van der Waals surface area contributed by atoms with Gasteiger partial charge in [0.2, 0.25) is 0 Å². The van der Waals surface area contributed by atoms with E-state index < -0.39 is 36.4 Å². The van der Waals surface area contributed by atoms with Crippen LogP contribution in [-0.2, 0) is 12.8 Å². The minimum Gasteiger partial charge on any atom is -0.493 e. The van der Waals surface area contributed by atoms with Gasteiger partial charge in [0.05, 0.1) is 6.61 Å². The fourth-order valence-electron chi connectivity index (χ4n) is 4.10. The molecule has 1 aliphatic heterocycles. The van der Waals surface area contributed by atoms with Gasteiger partial charge in [-0.1, -0.05) is 26.0 Å². The summed E-state index contributed by atoms with van der Waals surface area (Å²) in [6.45, 7) is 4.04. The van der Waals surface area contributed by atoms with E-state index in [1.54, 1.807) is 6.08 Å². The van der Waals surface area contributed by atoms with Gasteiger partial charge >= 0.3 is 6.18 Å². The van der Waals surface area contributed by atoms with Gasteiger partial charge in [-0.15, -0.1) is 0 Å². The highest BCUT2D eigenvalue weighted by Gasteiger charge is 2.55. The highest BCUT2D eigenvalue weighted by atomic mass is 19.4. The number of hydrogen-bond donors (Lipinski definition) is 1. The van der Waals surface area contributed by atoms with Gasteiger partial charge in [0, 0.05) is 23.9 Å². The first kappa shape index (κ1) is 23.3. The zero-order chi connectivity index (χ0) is 22.6. The molecule has 1 aliphatic rings. The van der Waals surface area contributed by atoms with Crippen LogP contribution >= 0.6 is 0 Å². The molecule has 31 heavy (non-hydrogen) atoms. The zero-order valence-corrected chi connectivity index (χ0v) is 17.7. The Balaban J connectivity index is 1.99. The third kappa shape index (κ3) is 5.09. The van der Waals surface area contributed by atoms with E-state index in [1.165, 1.54) is 30.5 Å². The normalized spacial score (nSPS) is 18.5. The van der Waals surface area contributed by atoms with Crippen molar-refractivity contribution in [3.05, 3.63) is 64.7 Å². The van der Waals surface area contributed by atoms with Crippen molar-refractivity contribution in [1.29, 1.82) is 0 Å². The summed E-state index contributed by atoms with van der Waals surface area (Å²) < 4.78 is 61.8. The number of ether oxygens (including phenoxy) is 1. The van der Waals surface area contributed by atoms with Crippen LogP contribution in [0.15, 0.2) is 36.5 Å². The van der Waals surface area contributed by atoms with E-state index in [0.29, 0.717) is 34.6 Å². The van der Waals surface area contributed by atoms with Gasteiger partial charge in [-0.25, -0.2) is 4.39 Å². The minimum absolute atomic E-state index is 0.219. The van der Waals surface area contributed by atoms with Crippen molar-refractivity contribution in [1.82, 2.24) is 4.98 Å². The lowest BCUT2D eigenvalue weighted by Gasteiger charge is -2.36. The van der Waals surface area contributed by atoms with Gasteiger partial charge in [-0.3, -0.25) is 4.98 Å². The van der Waals surface area contributed by atoms with E-state index >= 15 is 0 Å². The Kier molecular flexibility index (Phi) is 7.04. The lowest BCUT2D eigenvalue weighted by Crippen LogP contribution is -2.48. The van der Waals surface area contributed by atoms with Gasteiger partial charge in [-0.2, -0.15) is 13.2 Å². The molecule has 3 rings (SSSR count). The summed E-state index contributed by atoms with van der Waals surface area (Å²) in [7, 11) is 0.